The molecular formula is C17H29ClN2O2. The molecule has 0 aliphatic rings. The van der Waals surface area contributed by atoms with Crippen LogP contribution in [0.3, 0.4) is 0 Å². The molecule has 0 aliphatic heterocycles. The van der Waals surface area contributed by atoms with Gasteiger partial charge in [0.2, 0.25) is 0 Å². The van der Waals surface area contributed by atoms with Gasteiger partial charge in [-0.25, -0.2) is 0 Å². The molecule has 22 heavy (non-hydrogen) atoms. The number of ether oxygens (including phenoxy) is 1. The third-order valence-corrected chi connectivity index (χ3v) is 3.10. The molecule has 0 fully saturated rings. The highest BCUT2D eigenvalue weighted by atomic mass is 35.5. The number of nitrogens with one attached hydrogen (secondary N) is 1. The van der Waals surface area contributed by atoms with E-state index >= 15 is 0 Å². The minimum atomic E-state index is -0.553. The van der Waals surface area contributed by atoms with Gasteiger partial charge in [-0.05, 0) is 43.9 Å². The Balaban J connectivity index is 0.00000441. The van der Waals surface area contributed by atoms with Crippen LogP contribution in [0.5, 0.6) is 5.75 Å². The second-order valence-corrected chi connectivity index (χ2v) is 7.24. The smallest absolute Gasteiger partial charge is 0.260 e. The van der Waals surface area contributed by atoms with Gasteiger partial charge in [-0.15, -0.1) is 12.4 Å². The number of carbonyl (C=O) groups excluding carboxylic acids is 1. The number of nitrogens with two attached hydrogens (primary N) is 1. The van der Waals surface area contributed by atoms with Crippen LogP contribution in [0, 0.1) is 0 Å². The molecule has 0 aromatic heterocycles. The van der Waals surface area contributed by atoms with Gasteiger partial charge in [0.05, 0.1) is 0 Å². The van der Waals surface area contributed by atoms with Gasteiger partial charge < -0.3 is 15.8 Å². The highest BCUT2D eigenvalue weighted by Crippen LogP contribution is 2.26. The van der Waals surface area contributed by atoms with E-state index in [4.69, 9.17) is 10.5 Å². The maximum absolute atomic E-state index is 12.0. The van der Waals surface area contributed by atoms with Gasteiger partial charge in [-0.1, -0.05) is 32.9 Å². The average molecular weight is 329 g/mol. The zero-order valence-corrected chi connectivity index (χ0v) is 15.2. The molecule has 126 valence electrons. The first kappa shape index (κ1) is 20.7. The molecule has 0 heterocycles. The van der Waals surface area contributed by atoms with Crippen LogP contribution in [0.4, 0.5) is 0 Å². The van der Waals surface area contributed by atoms with Crippen molar-refractivity contribution in [2.24, 2.45) is 5.73 Å². The number of benzene rings is 1. The number of amides is 1. The van der Waals surface area contributed by atoms with Crippen LogP contribution in [-0.2, 0) is 10.2 Å². The Labute approximate surface area is 140 Å². The minimum absolute atomic E-state index is 0. The molecule has 0 radical (unpaired) electrons. The van der Waals surface area contributed by atoms with Crippen LogP contribution in [0.2, 0.25) is 0 Å². The lowest BCUT2D eigenvalue weighted by Crippen LogP contribution is -2.48. The van der Waals surface area contributed by atoms with Gasteiger partial charge in [-0.3, -0.25) is 4.79 Å². The number of hydrogen-bond donors (Lipinski definition) is 2. The van der Waals surface area contributed by atoms with Gasteiger partial charge in [0.15, 0.2) is 6.10 Å². The highest BCUT2D eigenvalue weighted by Gasteiger charge is 2.19. The Morgan fingerprint density at radius 2 is 1.86 bits per heavy atom. The van der Waals surface area contributed by atoms with Crippen molar-refractivity contribution in [3.05, 3.63) is 29.8 Å². The first-order chi connectivity index (χ1) is 9.49. The number of carbonyl (C=O) groups is 1. The summed E-state index contributed by atoms with van der Waals surface area (Å²) >= 11 is 0. The second-order valence-electron chi connectivity index (χ2n) is 7.24. The summed E-state index contributed by atoms with van der Waals surface area (Å²) in [5.74, 6) is 0.548. The van der Waals surface area contributed by atoms with Crippen molar-refractivity contribution >= 4 is 18.3 Å². The summed E-state index contributed by atoms with van der Waals surface area (Å²) in [5, 5.41) is 2.80. The van der Waals surface area contributed by atoms with Gasteiger partial charge in [0, 0.05) is 12.1 Å². The summed E-state index contributed by atoms with van der Waals surface area (Å²) in [6.45, 7) is 12.3. The number of halogens is 1. The van der Waals surface area contributed by atoms with Gasteiger partial charge in [0.1, 0.15) is 5.75 Å². The predicted octanol–water partition coefficient (Wildman–Crippen LogP) is 3.03. The zero-order valence-electron chi connectivity index (χ0n) is 14.4. The summed E-state index contributed by atoms with van der Waals surface area (Å²) < 4.78 is 5.72. The normalized spacial score (nSPS) is 13.0. The Hall–Kier alpha value is -1.26. The van der Waals surface area contributed by atoms with Crippen LogP contribution in [0.1, 0.15) is 47.1 Å². The van der Waals surface area contributed by atoms with Crippen molar-refractivity contribution in [3.63, 3.8) is 0 Å². The fraction of sp³-hybridized carbons (Fsp3) is 0.588. The van der Waals surface area contributed by atoms with E-state index in [-0.39, 0.29) is 23.7 Å². The molecular weight excluding hydrogens is 300 g/mol. The number of hydrogen-bond acceptors (Lipinski definition) is 3. The highest BCUT2D eigenvalue weighted by molar-refractivity contribution is 5.85. The zero-order chi connectivity index (χ0) is 16.3. The van der Waals surface area contributed by atoms with Crippen LogP contribution < -0.4 is 15.8 Å². The summed E-state index contributed by atoms with van der Waals surface area (Å²) in [6, 6.07) is 7.86. The Morgan fingerprint density at radius 1 is 1.27 bits per heavy atom. The van der Waals surface area contributed by atoms with Crippen LogP contribution in [0.25, 0.3) is 0 Å². The fourth-order valence-corrected chi connectivity index (χ4v) is 1.75. The van der Waals surface area contributed by atoms with E-state index in [1.54, 1.807) is 6.92 Å². The lowest BCUT2D eigenvalue weighted by Gasteiger charge is -2.22. The molecule has 0 saturated carbocycles. The predicted molar refractivity (Wildman–Crippen MR) is 93.8 cm³/mol. The third kappa shape index (κ3) is 7.14. The van der Waals surface area contributed by atoms with Crippen molar-refractivity contribution in [3.8, 4) is 5.75 Å². The standard InChI is InChI=1S/C17H28N2O2.ClH/c1-12(15(20)19-11-17(5,6)18)21-14-9-7-8-13(10-14)16(2,3)4;/h7-10,12H,11,18H2,1-6H3,(H,19,20);1H. The van der Waals surface area contributed by atoms with E-state index in [0.29, 0.717) is 12.3 Å². The Morgan fingerprint density at radius 3 is 2.36 bits per heavy atom. The molecule has 0 aliphatic carbocycles. The quantitative estimate of drug-likeness (QED) is 0.873. The molecule has 1 aromatic carbocycles. The van der Waals surface area contributed by atoms with E-state index in [2.05, 4.69) is 32.2 Å². The molecule has 0 bridgehead atoms. The van der Waals surface area contributed by atoms with Crippen molar-refractivity contribution in [1.82, 2.24) is 5.32 Å². The average Bonchev–Trinajstić information content (AvgIpc) is 2.34. The SMILES string of the molecule is CC(Oc1cccc(C(C)(C)C)c1)C(=O)NCC(C)(C)N.Cl. The maximum atomic E-state index is 12.0. The van der Waals surface area contributed by atoms with E-state index < -0.39 is 11.6 Å². The third-order valence-electron chi connectivity index (χ3n) is 3.10. The Kier molecular flexibility index (Phi) is 7.39. The molecule has 4 nitrogen and oxygen atoms in total. The van der Waals surface area contributed by atoms with Crippen LogP contribution in [0.15, 0.2) is 24.3 Å². The fourth-order valence-electron chi connectivity index (χ4n) is 1.75. The Bertz CT molecular complexity index is 490. The van der Waals surface area contributed by atoms with Gasteiger partial charge in [0.25, 0.3) is 5.91 Å². The number of rotatable bonds is 5. The van der Waals surface area contributed by atoms with Crippen molar-refractivity contribution in [1.29, 1.82) is 0 Å². The van der Waals surface area contributed by atoms with Crippen molar-refractivity contribution in [2.45, 2.75) is 58.6 Å². The minimum Gasteiger partial charge on any atom is -0.481 e. The lowest BCUT2D eigenvalue weighted by molar-refractivity contribution is -0.127. The molecule has 1 atom stereocenters. The van der Waals surface area contributed by atoms with Crippen molar-refractivity contribution in [2.75, 3.05) is 6.54 Å². The molecule has 1 unspecified atom stereocenters. The topological polar surface area (TPSA) is 64.3 Å². The largest absolute Gasteiger partial charge is 0.481 e. The molecule has 1 aromatic rings. The van der Waals surface area contributed by atoms with Gasteiger partial charge in [-0.2, -0.15) is 0 Å². The molecule has 0 saturated heterocycles. The van der Waals surface area contributed by atoms with Crippen LogP contribution >= 0.6 is 12.4 Å². The van der Waals surface area contributed by atoms with Crippen LogP contribution in [-0.4, -0.2) is 24.1 Å². The summed E-state index contributed by atoms with van der Waals surface area (Å²) in [5.41, 5.74) is 6.65. The monoisotopic (exact) mass is 328 g/mol. The second kappa shape index (κ2) is 7.84. The molecule has 1 amide bonds. The van der Waals surface area contributed by atoms with E-state index in [1.807, 2.05) is 32.0 Å². The molecule has 1 rings (SSSR count). The van der Waals surface area contributed by atoms with E-state index in [0.717, 1.165) is 0 Å². The summed E-state index contributed by atoms with van der Waals surface area (Å²) in [4.78, 5) is 12.0. The molecule has 3 N–H and O–H groups in total. The lowest BCUT2D eigenvalue weighted by atomic mass is 9.87. The van der Waals surface area contributed by atoms with E-state index in [9.17, 15) is 4.79 Å². The van der Waals surface area contributed by atoms with Crippen molar-refractivity contribution < 1.29 is 9.53 Å². The maximum Gasteiger partial charge on any atom is 0.260 e. The summed E-state index contributed by atoms with van der Waals surface area (Å²) in [6.07, 6.45) is -0.553. The molecule has 0 spiro atoms. The van der Waals surface area contributed by atoms with E-state index in [1.165, 1.54) is 5.56 Å². The first-order valence-electron chi connectivity index (χ1n) is 7.33. The summed E-state index contributed by atoms with van der Waals surface area (Å²) in [7, 11) is 0. The van der Waals surface area contributed by atoms with Gasteiger partial charge >= 0.3 is 0 Å². The first-order valence-corrected chi connectivity index (χ1v) is 7.33. The molecule has 5 heteroatoms.